The molecule has 292 valence electrons. The van der Waals surface area contributed by atoms with E-state index in [0.29, 0.717) is 11.5 Å². The molecule has 55 heavy (non-hydrogen) atoms. The smallest absolute Gasteiger partial charge is 0.280 e. The van der Waals surface area contributed by atoms with E-state index in [4.69, 9.17) is 23.4 Å². The average molecular weight is 770 g/mol. The van der Waals surface area contributed by atoms with E-state index in [1.807, 2.05) is 78.9 Å². The quantitative estimate of drug-likeness (QED) is 0.0906. The Morgan fingerprint density at radius 2 is 1.51 bits per heavy atom. The Morgan fingerprint density at radius 1 is 0.945 bits per heavy atom. The van der Waals surface area contributed by atoms with Crippen LogP contribution < -0.4 is 20.3 Å². The molecule has 1 aliphatic heterocycles. The maximum Gasteiger partial charge on any atom is 0.280 e. The van der Waals surface area contributed by atoms with Crippen molar-refractivity contribution in [1.82, 2.24) is 19.5 Å². The number of aliphatic hydroxyl groups is 1. The van der Waals surface area contributed by atoms with Crippen LogP contribution >= 0.6 is 0 Å². The van der Waals surface area contributed by atoms with Gasteiger partial charge in [-0.25, -0.2) is 4.98 Å². The fourth-order valence-electron chi connectivity index (χ4n) is 6.44. The predicted molar refractivity (Wildman–Crippen MR) is 212 cm³/mol. The lowest BCUT2D eigenvalue weighted by molar-refractivity contribution is -0.118. The van der Waals surface area contributed by atoms with Crippen molar-refractivity contribution in [2.45, 2.75) is 82.9 Å². The molecule has 0 bridgehead atoms. The summed E-state index contributed by atoms with van der Waals surface area (Å²) >= 11 is 0. The molecule has 2 aromatic heterocycles. The van der Waals surface area contributed by atoms with Crippen LogP contribution in [0.2, 0.25) is 18.1 Å². The molecule has 0 aliphatic carbocycles. The number of carbonyl (C=O) groups excluding carboxylic acids is 1. The van der Waals surface area contributed by atoms with Crippen LogP contribution in [0, 0.1) is 5.92 Å². The SMILES string of the molecule is COc1ccc(C(OC[C@@H]2O[C@H](n3cnc4c(=O)[nH]c(NC(=O)C(C)C)nc43)[C@@H](O[Si](C)(C)C(C)(C)C)[C@H]2O)(c2ccccc2)c2ccc(OC)cc2)cc1. The van der Waals surface area contributed by atoms with Gasteiger partial charge in [-0.1, -0.05) is 89.2 Å². The largest absolute Gasteiger partial charge is 0.497 e. The van der Waals surface area contributed by atoms with Gasteiger partial charge in [-0.15, -0.1) is 0 Å². The van der Waals surface area contributed by atoms with Crippen LogP contribution in [-0.4, -0.2) is 78.0 Å². The number of ether oxygens (including phenoxy) is 4. The number of imidazole rings is 1. The van der Waals surface area contributed by atoms with Crippen LogP contribution in [0.15, 0.2) is 90.0 Å². The van der Waals surface area contributed by atoms with Crippen LogP contribution in [0.25, 0.3) is 11.2 Å². The highest BCUT2D eigenvalue weighted by Gasteiger charge is 2.52. The molecule has 1 saturated heterocycles. The third kappa shape index (κ3) is 7.82. The Labute approximate surface area is 322 Å². The van der Waals surface area contributed by atoms with Crippen LogP contribution in [0.4, 0.5) is 5.95 Å². The minimum atomic E-state index is -2.54. The second-order valence-electron chi connectivity index (χ2n) is 15.6. The molecule has 5 aromatic rings. The Kier molecular flexibility index (Phi) is 11.4. The van der Waals surface area contributed by atoms with Gasteiger partial charge in [-0.3, -0.25) is 24.5 Å². The predicted octanol–water partition coefficient (Wildman–Crippen LogP) is 6.39. The van der Waals surface area contributed by atoms with E-state index >= 15 is 0 Å². The van der Waals surface area contributed by atoms with Crippen LogP contribution in [0.3, 0.4) is 0 Å². The third-order valence-electron chi connectivity index (χ3n) is 10.7. The maximum absolute atomic E-state index is 13.2. The van der Waals surface area contributed by atoms with E-state index in [1.165, 1.54) is 6.33 Å². The first-order valence-electron chi connectivity index (χ1n) is 18.4. The Hall–Kier alpha value is -4.86. The van der Waals surface area contributed by atoms with E-state index in [9.17, 15) is 14.7 Å². The zero-order chi connectivity index (χ0) is 39.7. The molecule has 6 rings (SSSR count). The number of aliphatic hydroxyl groups excluding tert-OH is 1. The molecule has 13 nitrogen and oxygen atoms in total. The Morgan fingerprint density at radius 3 is 2.04 bits per heavy atom. The second kappa shape index (κ2) is 15.7. The molecule has 1 aliphatic rings. The summed E-state index contributed by atoms with van der Waals surface area (Å²) in [5.74, 6) is 0.699. The van der Waals surface area contributed by atoms with Gasteiger partial charge in [0.25, 0.3) is 5.56 Å². The number of benzene rings is 3. The molecule has 0 unspecified atom stereocenters. The van der Waals surface area contributed by atoms with Crippen molar-refractivity contribution in [3.05, 3.63) is 112 Å². The van der Waals surface area contributed by atoms with Gasteiger partial charge in [0.15, 0.2) is 25.7 Å². The monoisotopic (exact) mass is 769 g/mol. The fourth-order valence-corrected chi connectivity index (χ4v) is 7.73. The molecule has 3 heterocycles. The number of aromatic nitrogens is 4. The average Bonchev–Trinajstić information content (AvgIpc) is 3.72. The lowest BCUT2D eigenvalue weighted by atomic mass is 9.80. The summed E-state index contributed by atoms with van der Waals surface area (Å²) in [6, 6.07) is 25.3. The zero-order valence-electron chi connectivity index (χ0n) is 32.8. The van der Waals surface area contributed by atoms with Crippen molar-refractivity contribution in [1.29, 1.82) is 0 Å². The number of anilines is 1. The molecule has 0 radical (unpaired) electrons. The number of hydrogen-bond acceptors (Lipinski definition) is 10. The van der Waals surface area contributed by atoms with Crippen molar-refractivity contribution in [2.24, 2.45) is 5.92 Å². The van der Waals surface area contributed by atoms with Crippen molar-refractivity contribution in [3.63, 3.8) is 0 Å². The number of amides is 1. The zero-order valence-corrected chi connectivity index (χ0v) is 33.8. The van der Waals surface area contributed by atoms with E-state index in [-0.39, 0.29) is 40.6 Å². The van der Waals surface area contributed by atoms with Gasteiger partial charge in [0.2, 0.25) is 11.9 Å². The van der Waals surface area contributed by atoms with E-state index in [1.54, 1.807) is 32.6 Å². The lowest BCUT2D eigenvalue weighted by Crippen LogP contribution is -2.49. The van der Waals surface area contributed by atoms with Gasteiger partial charge in [-0.2, -0.15) is 4.98 Å². The minimum absolute atomic E-state index is 0.0233. The number of rotatable bonds is 13. The number of nitrogens with zero attached hydrogens (tertiary/aromatic N) is 3. The molecule has 3 aromatic carbocycles. The lowest BCUT2D eigenvalue weighted by Gasteiger charge is -2.40. The van der Waals surface area contributed by atoms with Gasteiger partial charge in [0.1, 0.15) is 35.4 Å². The molecular formula is C41H51N5O8Si. The van der Waals surface area contributed by atoms with Gasteiger partial charge >= 0.3 is 0 Å². The molecular weight excluding hydrogens is 719 g/mol. The number of hydrogen-bond donors (Lipinski definition) is 3. The molecule has 3 N–H and O–H groups in total. The highest BCUT2D eigenvalue weighted by atomic mass is 28.4. The highest BCUT2D eigenvalue weighted by Crippen LogP contribution is 2.45. The number of carbonyl (C=O) groups is 1. The minimum Gasteiger partial charge on any atom is -0.497 e. The molecule has 0 saturated carbocycles. The van der Waals surface area contributed by atoms with E-state index < -0.39 is 44.0 Å². The van der Waals surface area contributed by atoms with Crippen molar-refractivity contribution < 1.29 is 33.3 Å². The summed E-state index contributed by atoms with van der Waals surface area (Å²) < 4.78 is 33.4. The summed E-state index contributed by atoms with van der Waals surface area (Å²) in [6.07, 6.45) is -2.47. The van der Waals surface area contributed by atoms with E-state index in [0.717, 1.165) is 16.7 Å². The van der Waals surface area contributed by atoms with Crippen LogP contribution in [0.1, 0.15) is 57.5 Å². The van der Waals surface area contributed by atoms with Crippen molar-refractivity contribution in [2.75, 3.05) is 26.1 Å². The molecule has 4 atom stereocenters. The van der Waals surface area contributed by atoms with Gasteiger partial charge in [0, 0.05) is 5.92 Å². The molecule has 0 spiro atoms. The maximum atomic E-state index is 13.2. The number of fused-ring (bicyclic) bond motifs is 1. The topological polar surface area (TPSA) is 159 Å². The van der Waals surface area contributed by atoms with Crippen molar-refractivity contribution >= 4 is 31.3 Å². The first-order chi connectivity index (χ1) is 26.1. The first kappa shape index (κ1) is 39.8. The summed E-state index contributed by atoms with van der Waals surface area (Å²) in [7, 11) is 0.701. The summed E-state index contributed by atoms with van der Waals surface area (Å²) in [6.45, 7) is 14.0. The number of aromatic amines is 1. The summed E-state index contributed by atoms with van der Waals surface area (Å²) in [5, 5.41) is 14.7. The number of methoxy groups -OCH3 is 2. The second-order valence-corrected chi connectivity index (χ2v) is 20.4. The third-order valence-corrected chi connectivity index (χ3v) is 15.1. The van der Waals surface area contributed by atoms with Gasteiger partial charge in [0.05, 0.1) is 27.2 Å². The highest BCUT2D eigenvalue weighted by molar-refractivity contribution is 6.74. The Balaban J connectivity index is 1.44. The standard InChI is InChI=1S/C41H51N5O8Si/c1-25(2)36(48)44-39-43-35-32(37(49)45-39)42-24-46(35)38-34(54-55(8,9)40(3,4)5)33(47)31(53-38)23-52-41(26-13-11-10-12-14-26,27-15-19-29(50-6)20-16-27)28-17-21-30(51-7)22-18-28/h10-22,24-25,31,33-34,38,47H,23H2,1-9H3,(H2,43,44,45,48,49)/t31-,33-,34-,38-/m0/s1. The number of H-pyrrole nitrogens is 1. The summed E-state index contributed by atoms with van der Waals surface area (Å²) in [5.41, 5.74) is 1.01. The molecule has 1 amide bonds. The fraction of sp³-hybridized carbons (Fsp3) is 0.415. The van der Waals surface area contributed by atoms with Gasteiger partial charge in [-0.05, 0) is 59.1 Å². The van der Waals surface area contributed by atoms with Crippen molar-refractivity contribution in [3.8, 4) is 11.5 Å². The van der Waals surface area contributed by atoms with E-state index in [2.05, 4.69) is 54.1 Å². The Bertz CT molecular complexity index is 2100. The van der Waals surface area contributed by atoms with Crippen LogP contribution in [0.5, 0.6) is 11.5 Å². The normalized spacial score (nSPS) is 19.2. The van der Waals surface area contributed by atoms with Crippen LogP contribution in [-0.2, 0) is 24.3 Å². The summed E-state index contributed by atoms with van der Waals surface area (Å²) in [4.78, 5) is 37.3. The molecule has 14 heteroatoms. The number of nitrogens with one attached hydrogen (secondary N) is 2. The molecule has 1 fully saturated rings. The first-order valence-corrected chi connectivity index (χ1v) is 21.3. The van der Waals surface area contributed by atoms with Gasteiger partial charge < -0.3 is 28.5 Å².